The van der Waals surface area contributed by atoms with Crippen LogP contribution in [-0.2, 0) is 11.3 Å². The summed E-state index contributed by atoms with van der Waals surface area (Å²) in [6, 6.07) is 6.55. The molecule has 0 saturated carbocycles. The van der Waals surface area contributed by atoms with Gasteiger partial charge in [-0.25, -0.2) is 4.68 Å². The summed E-state index contributed by atoms with van der Waals surface area (Å²) in [6.45, 7) is -0.541. The fourth-order valence-corrected chi connectivity index (χ4v) is 2.83. The van der Waals surface area contributed by atoms with E-state index in [2.05, 4.69) is 10.3 Å². The normalized spacial score (nSPS) is 18.8. The summed E-state index contributed by atoms with van der Waals surface area (Å²) < 4.78 is 39.4. The quantitative estimate of drug-likeness (QED) is 0.833. The lowest BCUT2D eigenvalue weighted by Crippen LogP contribution is -2.46. The third kappa shape index (κ3) is 3.24. The van der Waals surface area contributed by atoms with Gasteiger partial charge in [-0.2, -0.15) is 13.2 Å². The third-order valence-electron chi connectivity index (χ3n) is 4.15. The van der Waals surface area contributed by atoms with E-state index >= 15 is 0 Å². The molecule has 9 heteroatoms. The number of benzene rings is 1. The van der Waals surface area contributed by atoms with Gasteiger partial charge in [0.15, 0.2) is 0 Å². The first-order valence-corrected chi connectivity index (χ1v) is 7.53. The number of hydrogen-bond acceptors (Lipinski definition) is 4. The van der Waals surface area contributed by atoms with Crippen molar-refractivity contribution in [2.24, 2.45) is 5.92 Å². The largest absolute Gasteiger partial charge is 0.393 e. The number of alkyl halides is 3. The minimum atomic E-state index is -4.32. The fraction of sp³-hybridized carbons (Fsp3) is 0.467. The van der Waals surface area contributed by atoms with Crippen molar-refractivity contribution in [1.82, 2.24) is 19.9 Å². The Kier molecular flexibility index (Phi) is 4.25. The number of carbonyl (C=O) groups is 1. The number of amides is 1. The summed E-state index contributed by atoms with van der Waals surface area (Å²) in [5.41, 5.74) is -0.0837. The maximum atomic E-state index is 12.8. The highest BCUT2D eigenvalue weighted by atomic mass is 19.4. The number of likely N-dealkylation sites (tertiary alicyclic amines) is 1. The van der Waals surface area contributed by atoms with Gasteiger partial charge in [0.2, 0.25) is 5.91 Å². The second-order valence-electron chi connectivity index (χ2n) is 5.79. The van der Waals surface area contributed by atoms with Crippen LogP contribution >= 0.6 is 0 Å². The van der Waals surface area contributed by atoms with Crippen LogP contribution in [0.15, 0.2) is 29.1 Å². The molecule has 24 heavy (non-hydrogen) atoms. The number of piperidine rings is 1. The first-order chi connectivity index (χ1) is 11.4. The van der Waals surface area contributed by atoms with Crippen molar-refractivity contribution in [2.45, 2.75) is 25.6 Å². The average molecular weight is 340 g/mol. The summed E-state index contributed by atoms with van der Waals surface area (Å²) in [6.07, 6.45) is -4.02. The second-order valence-corrected chi connectivity index (χ2v) is 5.79. The number of nitrogens with zero attached hydrogens (tertiary/aromatic N) is 4. The highest BCUT2D eigenvalue weighted by Crippen LogP contribution is 2.33. The molecule has 1 saturated heterocycles. The molecule has 1 aromatic carbocycles. The van der Waals surface area contributed by atoms with Crippen molar-refractivity contribution in [3.63, 3.8) is 0 Å². The van der Waals surface area contributed by atoms with E-state index in [1.807, 2.05) is 0 Å². The van der Waals surface area contributed by atoms with Crippen LogP contribution in [0.3, 0.4) is 0 Å². The van der Waals surface area contributed by atoms with Crippen LogP contribution in [0.25, 0.3) is 10.9 Å². The zero-order valence-electron chi connectivity index (χ0n) is 12.7. The maximum absolute atomic E-state index is 12.8. The number of aromatic nitrogens is 3. The second kappa shape index (κ2) is 6.21. The Morgan fingerprint density at radius 2 is 2.04 bits per heavy atom. The van der Waals surface area contributed by atoms with Crippen molar-refractivity contribution in [3.05, 3.63) is 34.6 Å². The van der Waals surface area contributed by atoms with Crippen LogP contribution in [0.1, 0.15) is 12.8 Å². The highest BCUT2D eigenvalue weighted by Gasteiger charge is 2.42. The molecule has 1 atom stereocenters. The molecular formula is C15H15F3N4O2. The van der Waals surface area contributed by atoms with Gasteiger partial charge in [0.25, 0.3) is 5.56 Å². The molecular weight excluding hydrogens is 325 g/mol. The van der Waals surface area contributed by atoms with E-state index in [-0.39, 0.29) is 25.9 Å². The molecule has 1 unspecified atom stereocenters. The molecule has 0 aliphatic carbocycles. The molecule has 1 aliphatic rings. The number of hydrogen-bond donors (Lipinski definition) is 0. The zero-order valence-corrected chi connectivity index (χ0v) is 12.7. The van der Waals surface area contributed by atoms with Gasteiger partial charge < -0.3 is 4.90 Å². The van der Waals surface area contributed by atoms with Crippen LogP contribution in [-0.4, -0.2) is 45.1 Å². The van der Waals surface area contributed by atoms with E-state index in [4.69, 9.17) is 0 Å². The van der Waals surface area contributed by atoms with Crippen LogP contribution in [0, 0.1) is 5.92 Å². The number of rotatable bonds is 2. The van der Waals surface area contributed by atoms with E-state index in [0.29, 0.717) is 10.9 Å². The maximum Gasteiger partial charge on any atom is 0.393 e. The van der Waals surface area contributed by atoms with Gasteiger partial charge in [-0.05, 0) is 25.0 Å². The minimum absolute atomic E-state index is 0.0169. The molecule has 1 aliphatic heterocycles. The Morgan fingerprint density at radius 3 is 2.79 bits per heavy atom. The minimum Gasteiger partial charge on any atom is -0.340 e. The number of halogens is 3. The molecule has 6 nitrogen and oxygen atoms in total. The van der Waals surface area contributed by atoms with Gasteiger partial charge in [-0.15, -0.1) is 5.10 Å². The van der Waals surface area contributed by atoms with Crippen LogP contribution in [0.4, 0.5) is 13.2 Å². The molecule has 1 fully saturated rings. The van der Waals surface area contributed by atoms with Crippen molar-refractivity contribution in [2.75, 3.05) is 13.1 Å². The molecule has 2 aromatic rings. The predicted molar refractivity (Wildman–Crippen MR) is 79.2 cm³/mol. The molecule has 1 amide bonds. The topological polar surface area (TPSA) is 68.1 Å². The van der Waals surface area contributed by atoms with Crippen LogP contribution in [0.5, 0.6) is 0 Å². The summed E-state index contributed by atoms with van der Waals surface area (Å²) >= 11 is 0. The van der Waals surface area contributed by atoms with Gasteiger partial charge in [0.1, 0.15) is 12.1 Å². The lowest BCUT2D eigenvalue weighted by Gasteiger charge is -2.33. The van der Waals surface area contributed by atoms with Crippen molar-refractivity contribution in [3.8, 4) is 0 Å². The molecule has 2 heterocycles. The molecule has 128 valence electrons. The van der Waals surface area contributed by atoms with E-state index in [1.54, 1.807) is 24.3 Å². The Hall–Kier alpha value is -2.45. The monoisotopic (exact) mass is 340 g/mol. The fourth-order valence-electron chi connectivity index (χ4n) is 2.83. The number of carbonyl (C=O) groups excluding carboxylic acids is 1. The summed E-state index contributed by atoms with van der Waals surface area (Å²) in [5, 5.41) is 7.86. The Morgan fingerprint density at radius 1 is 1.29 bits per heavy atom. The van der Waals surface area contributed by atoms with Gasteiger partial charge in [0.05, 0.1) is 11.3 Å². The number of fused-ring (bicyclic) bond motifs is 1. The van der Waals surface area contributed by atoms with E-state index in [9.17, 15) is 22.8 Å². The summed E-state index contributed by atoms with van der Waals surface area (Å²) in [5.74, 6) is -2.08. The van der Waals surface area contributed by atoms with Gasteiger partial charge in [-0.3, -0.25) is 9.59 Å². The highest BCUT2D eigenvalue weighted by molar-refractivity contribution is 5.78. The van der Waals surface area contributed by atoms with Gasteiger partial charge in [0, 0.05) is 13.1 Å². The molecule has 3 rings (SSSR count). The average Bonchev–Trinajstić information content (AvgIpc) is 2.57. The third-order valence-corrected chi connectivity index (χ3v) is 4.15. The lowest BCUT2D eigenvalue weighted by atomic mass is 9.97. The van der Waals surface area contributed by atoms with Crippen molar-refractivity contribution >= 4 is 16.8 Å². The lowest BCUT2D eigenvalue weighted by molar-refractivity contribution is -0.188. The zero-order chi connectivity index (χ0) is 17.3. The molecule has 0 bridgehead atoms. The summed E-state index contributed by atoms with van der Waals surface area (Å²) in [4.78, 5) is 25.7. The van der Waals surface area contributed by atoms with Gasteiger partial charge >= 0.3 is 6.18 Å². The Bertz CT molecular complexity index is 818. The standard InChI is InChI=1S/C15H15F3N4O2/c16-15(17,18)10-4-3-7-21(8-10)13(23)9-22-14(24)11-5-1-2-6-12(11)19-20-22/h1-2,5-6,10H,3-4,7-9H2. The van der Waals surface area contributed by atoms with E-state index in [0.717, 1.165) is 9.58 Å². The van der Waals surface area contributed by atoms with E-state index in [1.165, 1.54) is 0 Å². The van der Waals surface area contributed by atoms with Gasteiger partial charge in [-0.1, -0.05) is 17.3 Å². The van der Waals surface area contributed by atoms with Crippen LogP contribution in [0.2, 0.25) is 0 Å². The Labute approximate surface area is 134 Å². The summed E-state index contributed by atoms with van der Waals surface area (Å²) in [7, 11) is 0. The SMILES string of the molecule is O=C(Cn1nnc2ccccc2c1=O)N1CCCC(C(F)(F)F)C1. The van der Waals surface area contributed by atoms with Crippen LogP contribution < -0.4 is 5.56 Å². The smallest absolute Gasteiger partial charge is 0.340 e. The molecule has 0 radical (unpaired) electrons. The molecule has 0 N–H and O–H groups in total. The first kappa shape index (κ1) is 16.4. The molecule has 1 aromatic heterocycles. The predicted octanol–water partition coefficient (Wildman–Crippen LogP) is 1.59. The molecule has 0 spiro atoms. The first-order valence-electron chi connectivity index (χ1n) is 7.53. The van der Waals surface area contributed by atoms with Crippen molar-refractivity contribution in [1.29, 1.82) is 0 Å². The van der Waals surface area contributed by atoms with Crippen molar-refractivity contribution < 1.29 is 18.0 Å². The van der Waals surface area contributed by atoms with E-state index < -0.39 is 30.1 Å². The Balaban J connectivity index is 1.78.